The van der Waals surface area contributed by atoms with Crippen LogP contribution in [0.15, 0.2) is 24.3 Å². The van der Waals surface area contributed by atoms with Gasteiger partial charge >= 0.3 is 0 Å². The maximum atomic E-state index is 10.7. The van der Waals surface area contributed by atoms with Gasteiger partial charge in [-0.15, -0.1) is 0 Å². The highest BCUT2D eigenvalue weighted by atomic mass is 16.6. The minimum atomic E-state index is -0.331. The van der Waals surface area contributed by atoms with Crippen LogP contribution in [-0.2, 0) is 11.2 Å². The Bertz CT molecular complexity index is 464. The van der Waals surface area contributed by atoms with E-state index in [2.05, 4.69) is 0 Å². The number of nitro benzene ring substituents is 1. The molecule has 0 spiro atoms. The smallest absolute Gasteiger partial charge is 0.269 e. The van der Waals surface area contributed by atoms with E-state index in [4.69, 9.17) is 4.74 Å². The van der Waals surface area contributed by atoms with Crippen LogP contribution in [-0.4, -0.2) is 17.6 Å². The minimum absolute atomic E-state index is 0.153. The van der Waals surface area contributed by atoms with E-state index in [1.54, 1.807) is 25.3 Å². The van der Waals surface area contributed by atoms with Gasteiger partial charge in [0.05, 0.1) is 10.5 Å². The summed E-state index contributed by atoms with van der Waals surface area (Å²) in [6, 6.07) is 6.99. The molecular formula is C13H15NO3. The summed E-state index contributed by atoms with van der Waals surface area (Å²) in [5.41, 5.74) is 1.78. The molecule has 0 aliphatic heterocycles. The number of ether oxygens (including phenoxy) is 1. The SMILES string of the molecule is COC12CC(Cc3cccc([N+](=O)[O-])c3)(C1)C2. The van der Waals surface area contributed by atoms with Crippen molar-refractivity contribution in [1.82, 2.24) is 0 Å². The molecule has 0 heterocycles. The number of rotatable bonds is 4. The molecule has 3 saturated carbocycles. The molecule has 0 amide bonds. The molecule has 4 heteroatoms. The molecule has 4 nitrogen and oxygen atoms in total. The zero-order valence-electron chi connectivity index (χ0n) is 9.81. The van der Waals surface area contributed by atoms with Crippen molar-refractivity contribution in [2.75, 3.05) is 7.11 Å². The van der Waals surface area contributed by atoms with E-state index in [1.165, 1.54) is 0 Å². The summed E-state index contributed by atoms with van der Waals surface area (Å²) >= 11 is 0. The van der Waals surface area contributed by atoms with Crippen molar-refractivity contribution in [3.05, 3.63) is 39.9 Å². The Labute approximate surface area is 99.7 Å². The Morgan fingerprint density at radius 3 is 2.71 bits per heavy atom. The van der Waals surface area contributed by atoms with Gasteiger partial charge in [-0.2, -0.15) is 0 Å². The van der Waals surface area contributed by atoms with Gasteiger partial charge in [0.15, 0.2) is 0 Å². The summed E-state index contributed by atoms with van der Waals surface area (Å²) in [5.74, 6) is 0. The number of nitrogens with zero attached hydrogens (tertiary/aromatic N) is 1. The molecule has 0 saturated heterocycles. The number of non-ortho nitro benzene ring substituents is 1. The average molecular weight is 233 g/mol. The molecule has 0 unspecified atom stereocenters. The number of hydrogen-bond donors (Lipinski definition) is 0. The maximum Gasteiger partial charge on any atom is 0.269 e. The Hall–Kier alpha value is -1.42. The van der Waals surface area contributed by atoms with Crippen LogP contribution in [0, 0.1) is 15.5 Å². The van der Waals surface area contributed by atoms with E-state index < -0.39 is 0 Å². The molecule has 3 fully saturated rings. The lowest BCUT2D eigenvalue weighted by Gasteiger charge is -2.70. The highest BCUT2D eigenvalue weighted by Gasteiger charge is 2.67. The van der Waals surface area contributed by atoms with Gasteiger partial charge in [-0.05, 0) is 36.7 Å². The normalized spacial score (nSPS) is 33.7. The lowest BCUT2D eigenvalue weighted by atomic mass is 9.39. The number of benzene rings is 1. The number of methoxy groups -OCH3 is 1. The first-order valence-electron chi connectivity index (χ1n) is 5.85. The van der Waals surface area contributed by atoms with Crippen LogP contribution >= 0.6 is 0 Å². The Morgan fingerprint density at radius 1 is 1.41 bits per heavy atom. The van der Waals surface area contributed by atoms with Crippen molar-refractivity contribution in [3.63, 3.8) is 0 Å². The molecule has 4 rings (SSSR count). The zero-order valence-corrected chi connectivity index (χ0v) is 9.81. The summed E-state index contributed by atoms with van der Waals surface area (Å²) in [5, 5.41) is 10.7. The van der Waals surface area contributed by atoms with Crippen molar-refractivity contribution < 1.29 is 9.66 Å². The van der Waals surface area contributed by atoms with Gasteiger partial charge in [0.25, 0.3) is 5.69 Å². The second-order valence-corrected chi connectivity index (χ2v) is 5.52. The van der Waals surface area contributed by atoms with Crippen LogP contribution in [0.3, 0.4) is 0 Å². The van der Waals surface area contributed by atoms with E-state index in [0.29, 0.717) is 5.41 Å². The second kappa shape index (κ2) is 3.29. The molecule has 90 valence electrons. The molecule has 0 radical (unpaired) electrons. The fraction of sp³-hybridized carbons (Fsp3) is 0.538. The quantitative estimate of drug-likeness (QED) is 0.593. The van der Waals surface area contributed by atoms with E-state index in [-0.39, 0.29) is 16.2 Å². The molecule has 1 aromatic rings. The van der Waals surface area contributed by atoms with Crippen molar-refractivity contribution in [2.45, 2.75) is 31.3 Å². The molecule has 0 aromatic heterocycles. The molecule has 0 atom stereocenters. The zero-order chi connectivity index (χ0) is 12.1. The summed E-state index contributed by atoms with van der Waals surface area (Å²) in [7, 11) is 1.77. The number of nitro groups is 1. The molecule has 1 aromatic carbocycles. The minimum Gasteiger partial charge on any atom is -0.378 e. The summed E-state index contributed by atoms with van der Waals surface area (Å²) in [6.45, 7) is 0. The molecule has 17 heavy (non-hydrogen) atoms. The molecule has 3 aliphatic rings. The van der Waals surface area contributed by atoms with Crippen molar-refractivity contribution >= 4 is 5.69 Å². The first-order chi connectivity index (χ1) is 8.06. The van der Waals surface area contributed by atoms with E-state index >= 15 is 0 Å². The third-order valence-corrected chi connectivity index (χ3v) is 4.23. The van der Waals surface area contributed by atoms with E-state index in [0.717, 1.165) is 31.2 Å². The largest absolute Gasteiger partial charge is 0.378 e. The lowest BCUT2D eigenvalue weighted by molar-refractivity contribution is -0.385. The average Bonchev–Trinajstić information content (AvgIpc) is 2.21. The van der Waals surface area contributed by atoms with Crippen molar-refractivity contribution in [3.8, 4) is 0 Å². The summed E-state index contributed by atoms with van der Waals surface area (Å²) in [4.78, 5) is 10.4. The van der Waals surface area contributed by atoms with Crippen molar-refractivity contribution in [2.24, 2.45) is 5.41 Å². The van der Waals surface area contributed by atoms with Crippen LogP contribution in [0.1, 0.15) is 24.8 Å². The predicted molar refractivity (Wildman–Crippen MR) is 62.8 cm³/mol. The Balaban J connectivity index is 1.71. The van der Waals surface area contributed by atoms with Crippen LogP contribution < -0.4 is 0 Å². The fourth-order valence-electron chi connectivity index (χ4n) is 3.51. The fourth-order valence-corrected chi connectivity index (χ4v) is 3.51. The monoisotopic (exact) mass is 233 g/mol. The maximum absolute atomic E-state index is 10.7. The highest BCUT2D eigenvalue weighted by molar-refractivity contribution is 5.36. The van der Waals surface area contributed by atoms with Gasteiger partial charge in [-0.25, -0.2) is 0 Å². The van der Waals surface area contributed by atoms with Crippen LogP contribution in [0.2, 0.25) is 0 Å². The van der Waals surface area contributed by atoms with Gasteiger partial charge in [-0.1, -0.05) is 12.1 Å². The van der Waals surface area contributed by atoms with E-state index in [9.17, 15) is 10.1 Å². The molecular weight excluding hydrogens is 218 g/mol. The Kier molecular flexibility index (Phi) is 2.08. The van der Waals surface area contributed by atoms with Gasteiger partial charge in [-0.3, -0.25) is 10.1 Å². The first-order valence-corrected chi connectivity index (χ1v) is 5.85. The van der Waals surface area contributed by atoms with Crippen LogP contribution in [0.5, 0.6) is 0 Å². The summed E-state index contributed by atoms with van der Waals surface area (Å²) in [6.07, 6.45) is 4.28. The third-order valence-electron chi connectivity index (χ3n) is 4.23. The topological polar surface area (TPSA) is 52.4 Å². The number of hydrogen-bond acceptors (Lipinski definition) is 3. The van der Waals surface area contributed by atoms with E-state index in [1.807, 2.05) is 6.07 Å². The Morgan fingerprint density at radius 2 is 2.12 bits per heavy atom. The lowest BCUT2D eigenvalue weighted by Crippen LogP contribution is -2.68. The second-order valence-electron chi connectivity index (χ2n) is 5.52. The highest BCUT2D eigenvalue weighted by Crippen LogP contribution is 2.70. The van der Waals surface area contributed by atoms with Crippen LogP contribution in [0.4, 0.5) is 5.69 Å². The van der Waals surface area contributed by atoms with Crippen LogP contribution in [0.25, 0.3) is 0 Å². The van der Waals surface area contributed by atoms with Gasteiger partial charge in [0, 0.05) is 19.2 Å². The van der Waals surface area contributed by atoms with Gasteiger partial charge in [0.1, 0.15) is 0 Å². The molecule has 3 aliphatic carbocycles. The van der Waals surface area contributed by atoms with Crippen molar-refractivity contribution in [1.29, 1.82) is 0 Å². The predicted octanol–water partition coefficient (Wildman–Crippen LogP) is 2.71. The van der Waals surface area contributed by atoms with Gasteiger partial charge in [0.2, 0.25) is 0 Å². The molecule has 2 bridgehead atoms. The standard InChI is InChI=1S/C13H15NO3/c1-17-13-7-12(8-13,9-13)6-10-3-2-4-11(5-10)14(15)16/h2-5H,6-9H2,1H3. The summed E-state index contributed by atoms with van der Waals surface area (Å²) < 4.78 is 5.46. The third kappa shape index (κ3) is 1.55. The first kappa shape index (κ1) is 10.7. The van der Waals surface area contributed by atoms with Gasteiger partial charge < -0.3 is 4.74 Å². The molecule has 0 N–H and O–H groups in total.